The Labute approximate surface area is 155 Å². The van der Waals surface area contributed by atoms with Gasteiger partial charge in [0.1, 0.15) is 5.75 Å². The van der Waals surface area contributed by atoms with Crippen LogP contribution in [0, 0.1) is 5.92 Å². The number of para-hydroxylation sites is 2. The molecule has 1 atom stereocenters. The van der Waals surface area contributed by atoms with Crippen molar-refractivity contribution in [2.45, 2.75) is 26.2 Å². The van der Waals surface area contributed by atoms with Crippen molar-refractivity contribution < 1.29 is 19.1 Å². The standard InChI is InChI=1S/C18H26N2O4.ClH/c1-3-24-18(22)14-7-6-11-20(13-14)12-10-17(21)19-15-8-4-5-9-16(15)23-2;/h4-5,8-9,14H,3,6-7,10-13H2,1-2H3,(H,19,21);1H. The van der Waals surface area contributed by atoms with Gasteiger partial charge in [-0.3, -0.25) is 9.59 Å². The van der Waals surface area contributed by atoms with Gasteiger partial charge in [-0.15, -0.1) is 12.4 Å². The lowest BCUT2D eigenvalue weighted by atomic mass is 9.98. The number of likely N-dealkylation sites (tertiary alicyclic amines) is 1. The number of esters is 1. The molecule has 0 aliphatic carbocycles. The van der Waals surface area contributed by atoms with Crippen LogP contribution in [-0.4, -0.2) is 50.1 Å². The van der Waals surface area contributed by atoms with Crippen molar-refractivity contribution in [3.63, 3.8) is 0 Å². The van der Waals surface area contributed by atoms with Crippen LogP contribution >= 0.6 is 12.4 Å². The van der Waals surface area contributed by atoms with Crippen LogP contribution in [0.2, 0.25) is 0 Å². The summed E-state index contributed by atoms with van der Waals surface area (Å²) < 4.78 is 10.3. The van der Waals surface area contributed by atoms with E-state index in [0.29, 0.717) is 37.6 Å². The molecule has 6 nitrogen and oxygen atoms in total. The lowest BCUT2D eigenvalue weighted by molar-refractivity contribution is -0.149. The fourth-order valence-electron chi connectivity index (χ4n) is 2.93. The number of hydrogen-bond donors (Lipinski definition) is 1. The highest BCUT2D eigenvalue weighted by Gasteiger charge is 2.26. The first-order valence-electron chi connectivity index (χ1n) is 8.46. The molecular formula is C18H27ClN2O4. The van der Waals surface area contributed by atoms with Gasteiger partial charge in [0.05, 0.1) is 25.3 Å². The van der Waals surface area contributed by atoms with Crippen LogP contribution < -0.4 is 10.1 Å². The highest BCUT2D eigenvalue weighted by Crippen LogP contribution is 2.23. The second kappa shape index (κ2) is 10.9. The molecular weight excluding hydrogens is 344 g/mol. The molecule has 0 aromatic heterocycles. The van der Waals surface area contributed by atoms with Crippen LogP contribution in [-0.2, 0) is 14.3 Å². The Morgan fingerprint density at radius 1 is 1.32 bits per heavy atom. The fraction of sp³-hybridized carbons (Fsp3) is 0.556. The van der Waals surface area contributed by atoms with Crippen LogP contribution in [0.3, 0.4) is 0 Å². The number of benzene rings is 1. The summed E-state index contributed by atoms with van der Waals surface area (Å²) in [7, 11) is 1.58. The van der Waals surface area contributed by atoms with Gasteiger partial charge in [-0.25, -0.2) is 0 Å². The van der Waals surface area contributed by atoms with Gasteiger partial charge < -0.3 is 19.7 Å². The van der Waals surface area contributed by atoms with Gasteiger partial charge in [-0.2, -0.15) is 0 Å². The van der Waals surface area contributed by atoms with E-state index in [0.717, 1.165) is 19.4 Å². The maximum atomic E-state index is 12.2. The van der Waals surface area contributed by atoms with E-state index < -0.39 is 0 Å². The van der Waals surface area contributed by atoms with E-state index in [9.17, 15) is 9.59 Å². The summed E-state index contributed by atoms with van der Waals surface area (Å²) in [6, 6.07) is 7.34. The number of carbonyl (C=O) groups is 2. The smallest absolute Gasteiger partial charge is 0.310 e. The molecule has 1 saturated heterocycles. The number of amides is 1. The molecule has 1 heterocycles. The first-order valence-corrected chi connectivity index (χ1v) is 8.46. The minimum atomic E-state index is -0.124. The minimum absolute atomic E-state index is 0. The van der Waals surface area contributed by atoms with Gasteiger partial charge in [0, 0.05) is 19.5 Å². The Morgan fingerprint density at radius 3 is 2.80 bits per heavy atom. The monoisotopic (exact) mass is 370 g/mol. The summed E-state index contributed by atoms with van der Waals surface area (Å²) in [5.41, 5.74) is 0.674. The first-order chi connectivity index (χ1) is 11.6. The lowest BCUT2D eigenvalue weighted by Crippen LogP contribution is -2.40. The molecule has 0 spiro atoms. The number of nitrogens with zero attached hydrogens (tertiary/aromatic N) is 1. The molecule has 25 heavy (non-hydrogen) atoms. The van der Waals surface area contributed by atoms with Gasteiger partial charge in [0.25, 0.3) is 0 Å². The molecule has 1 aromatic carbocycles. The Balaban J connectivity index is 0.00000312. The highest BCUT2D eigenvalue weighted by molar-refractivity contribution is 5.92. The van der Waals surface area contributed by atoms with Crippen molar-refractivity contribution in [3.05, 3.63) is 24.3 Å². The van der Waals surface area contributed by atoms with E-state index >= 15 is 0 Å². The Bertz CT molecular complexity index is 568. The quantitative estimate of drug-likeness (QED) is 0.747. The molecule has 1 unspecified atom stereocenters. The van der Waals surface area contributed by atoms with Crippen molar-refractivity contribution in [1.82, 2.24) is 4.90 Å². The molecule has 0 bridgehead atoms. The van der Waals surface area contributed by atoms with E-state index in [4.69, 9.17) is 9.47 Å². The average molecular weight is 371 g/mol. The number of ether oxygens (including phenoxy) is 2. The van der Waals surface area contributed by atoms with Gasteiger partial charge >= 0.3 is 5.97 Å². The normalized spacial score (nSPS) is 17.3. The number of hydrogen-bond acceptors (Lipinski definition) is 5. The Morgan fingerprint density at radius 2 is 2.08 bits per heavy atom. The number of carbonyl (C=O) groups excluding carboxylic acids is 2. The average Bonchev–Trinajstić information content (AvgIpc) is 2.61. The van der Waals surface area contributed by atoms with Crippen LogP contribution in [0.15, 0.2) is 24.3 Å². The molecule has 2 rings (SSSR count). The molecule has 1 aromatic rings. The van der Waals surface area contributed by atoms with Crippen molar-refractivity contribution in [1.29, 1.82) is 0 Å². The number of piperidine rings is 1. The summed E-state index contributed by atoms with van der Waals surface area (Å²) in [4.78, 5) is 26.2. The highest BCUT2D eigenvalue weighted by atomic mass is 35.5. The number of rotatable bonds is 7. The van der Waals surface area contributed by atoms with Crippen molar-refractivity contribution in [2.24, 2.45) is 5.92 Å². The predicted octanol–water partition coefficient (Wildman–Crippen LogP) is 2.72. The molecule has 0 saturated carbocycles. The third-order valence-corrected chi connectivity index (χ3v) is 4.16. The third kappa shape index (κ3) is 6.55. The van der Waals surface area contributed by atoms with Crippen molar-refractivity contribution in [3.8, 4) is 5.75 Å². The molecule has 1 fully saturated rings. The van der Waals surface area contributed by atoms with E-state index in [2.05, 4.69) is 10.2 Å². The Hall–Kier alpha value is -1.79. The zero-order valence-electron chi connectivity index (χ0n) is 14.8. The number of methoxy groups -OCH3 is 1. The van der Waals surface area contributed by atoms with Crippen LogP contribution in [0.4, 0.5) is 5.69 Å². The molecule has 1 N–H and O–H groups in total. The molecule has 140 valence electrons. The second-order valence-electron chi connectivity index (χ2n) is 5.89. The van der Waals surface area contributed by atoms with Crippen molar-refractivity contribution in [2.75, 3.05) is 38.7 Å². The largest absolute Gasteiger partial charge is 0.495 e. The number of anilines is 1. The summed E-state index contributed by atoms with van der Waals surface area (Å²) in [5.74, 6) is 0.389. The van der Waals surface area contributed by atoms with E-state index in [1.165, 1.54) is 0 Å². The number of nitrogens with one attached hydrogen (secondary N) is 1. The summed E-state index contributed by atoms with van der Waals surface area (Å²) in [6.07, 6.45) is 2.20. The van der Waals surface area contributed by atoms with E-state index in [-0.39, 0.29) is 30.2 Å². The number of halogens is 1. The van der Waals surface area contributed by atoms with E-state index in [1.807, 2.05) is 31.2 Å². The predicted molar refractivity (Wildman–Crippen MR) is 99.3 cm³/mol. The summed E-state index contributed by atoms with van der Waals surface area (Å²) >= 11 is 0. The van der Waals surface area contributed by atoms with E-state index in [1.54, 1.807) is 7.11 Å². The topological polar surface area (TPSA) is 67.9 Å². The van der Waals surface area contributed by atoms with Gasteiger partial charge in [-0.1, -0.05) is 12.1 Å². The van der Waals surface area contributed by atoms with Crippen LogP contribution in [0.1, 0.15) is 26.2 Å². The molecule has 1 aliphatic heterocycles. The summed E-state index contributed by atoms with van der Waals surface area (Å²) in [5, 5.41) is 2.87. The summed E-state index contributed by atoms with van der Waals surface area (Å²) in [6.45, 7) is 4.45. The maximum Gasteiger partial charge on any atom is 0.310 e. The van der Waals surface area contributed by atoms with Gasteiger partial charge in [0.2, 0.25) is 5.91 Å². The van der Waals surface area contributed by atoms with Gasteiger partial charge in [-0.05, 0) is 38.4 Å². The second-order valence-corrected chi connectivity index (χ2v) is 5.89. The molecule has 1 amide bonds. The molecule has 7 heteroatoms. The Kier molecular flexibility index (Phi) is 9.31. The van der Waals surface area contributed by atoms with Crippen molar-refractivity contribution >= 4 is 30.0 Å². The molecule has 1 aliphatic rings. The zero-order valence-corrected chi connectivity index (χ0v) is 15.6. The SMILES string of the molecule is CCOC(=O)C1CCCN(CCC(=O)Nc2ccccc2OC)C1.Cl. The van der Waals surface area contributed by atoms with Gasteiger partial charge in [0.15, 0.2) is 0 Å². The fourth-order valence-corrected chi connectivity index (χ4v) is 2.93. The van der Waals surface area contributed by atoms with Crippen LogP contribution in [0.25, 0.3) is 0 Å². The third-order valence-electron chi connectivity index (χ3n) is 4.16. The lowest BCUT2D eigenvalue weighted by Gasteiger charge is -2.31. The molecule has 0 radical (unpaired) electrons. The maximum absolute atomic E-state index is 12.2. The first kappa shape index (κ1) is 21.3. The minimum Gasteiger partial charge on any atom is -0.495 e. The zero-order chi connectivity index (χ0) is 17.4. The van der Waals surface area contributed by atoms with Crippen LogP contribution in [0.5, 0.6) is 5.75 Å².